The molecular formula is C7H9Cl3N2. The fraction of sp³-hybridized carbons (Fsp3) is 0.429. The normalized spacial score (nSPS) is 14.8. The lowest BCUT2D eigenvalue weighted by Crippen LogP contribution is -2.27. The van der Waals surface area contributed by atoms with E-state index in [1.54, 1.807) is 0 Å². The average Bonchev–Trinajstić information content (AvgIpc) is 2.31. The maximum Gasteiger partial charge on any atom is 0.210 e. The van der Waals surface area contributed by atoms with Crippen molar-refractivity contribution < 1.29 is 0 Å². The minimum absolute atomic E-state index is 0.595. The van der Waals surface area contributed by atoms with E-state index in [1.165, 1.54) is 0 Å². The number of rotatable bonds is 1. The molecule has 1 unspecified atom stereocenters. The molecule has 0 bridgehead atoms. The Bertz CT molecular complexity index is 264. The lowest BCUT2D eigenvalue weighted by Gasteiger charge is -2.20. The Morgan fingerprint density at radius 1 is 1.50 bits per heavy atom. The van der Waals surface area contributed by atoms with Crippen LogP contribution in [-0.4, -0.2) is 8.36 Å². The number of halogens is 3. The van der Waals surface area contributed by atoms with E-state index >= 15 is 0 Å². The number of aryl methyl sites for hydroxylation is 1. The van der Waals surface area contributed by atoms with Gasteiger partial charge in [0.15, 0.2) is 0 Å². The molecule has 0 fully saturated rings. The van der Waals surface area contributed by atoms with Crippen molar-refractivity contribution in [2.45, 2.75) is 9.83 Å². The first kappa shape index (κ1) is 10.2. The number of aromatic nitrogens is 1. The predicted molar refractivity (Wildman–Crippen MR) is 52.6 cm³/mol. The molecular weight excluding hydrogens is 218 g/mol. The van der Waals surface area contributed by atoms with Gasteiger partial charge in [0.25, 0.3) is 0 Å². The third-order valence-corrected chi connectivity index (χ3v) is 2.36. The average molecular weight is 228 g/mol. The maximum absolute atomic E-state index is 5.70. The van der Waals surface area contributed by atoms with E-state index in [4.69, 9.17) is 40.5 Å². The van der Waals surface area contributed by atoms with E-state index in [9.17, 15) is 0 Å². The number of nitrogens with zero attached hydrogens (tertiary/aromatic N) is 1. The van der Waals surface area contributed by atoms with E-state index < -0.39 is 9.83 Å². The van der Waals surface area contributed by atoms with Gasteiger partial charge < -0.3 is 10.3 Å². The molecule has 12 heavy (non-hydrogen) atoms. The zero-order chi connectivity index (χ0) is 9.35. The van der Waals surface area contributed by atoms with E-state index in [2.05, 4.69) is 0 Å². The summed E-state index contributed by atoms with van der Waals surface area (Å²) in [5.41, 5.74) is 6.50. The highest BCUT2D eigenvalue weighted by molar-refractivity contribution is 6.68. The molecule has 0 amide bonds. The van der Waals surface area contributed by atoms with Gasteiger partial charge in [-0.25, -0.2) is 0 Å². The van der Waals surface area contributed by atoms with Crippen LogP contribution in [0, 0.1) is 0 Å². The van der Waals surface area contributed by atoms with Gasteiger partial charge in [0.2, 0.25) is 3.79 Å². The lowest BCUT2D eigenvalue weighted by atomic mass is 10.2. The van der Waals surface area contributed by atoms with Gasteiger partial charge in [0, 0.05) is 18.9 Å². The van der Waals surface area contributed by atoms with Gasteiger partial charge in [-0.15, -0.1) is 0 Å². The zero-order valence-corrected chi connectivity index (χ0v) is 8.74. The van der Waals surface area contributed by atoms with Gasteiger partial charge in [0.1, 0.15) is 0 Å². The van der Waals surface area contributed by atoms with Crippen LogP contribution in [0.5, 0.6) is 0 Å². The quantitative estimate of drug-likeness (QED) is 0.734. The first-order valence-corrected chi connectivity index (χ1v) is 4.50. The molecule has 1 aromatic heterocycles. The Balaban J connectivity index is 2.92. The van der Waals surface area contributed by atoms with E-state index in [0.717, 1.165) is 5.69 Å². The van der Waals surface area contributed by atoms with Gasteiger partial charge in [0.05, 0.1) is 6.04 Å². The van der Waals surface area contributed by atoms with Gasteiger partial charge in [-0.05, 0) is 12.1 Å². The molecule has 1 rings (SSSR count). The molecule has 2 nitrogen and oxygen atoms in total. The molecule has 0 aliphatic heterocycles. The van der Waals surface area contributed by atoms with Crippen LogP contribution >= 0.6 is 34.8 Å². The van der Waals surface area contributed by atoms with Crippen molar-refractivity contribution in [2.24, 2.45) is 12.8 Å². The minimum atomic E-state index is -1.45. The lowest BCUT2D eigenvalue weighted by molar-refractivity contribution is 0.672. The number of nitrogens with two attached hydrogens (primary N) is 1. The molecule has 0 radical (unpaired) electrons. The fourth-order valence-electron chi connectivity index (χ4n) is 0.965. The maximum atomic E-state index is 5.70. The topological polar surface area (TPSA) is 30.9 Å². The summed E-state index contributed by atoms with van der Waals surface area (Å²) in [5, 5.41) is 0. The molecule has 1 atom stereocenters. The minimum Gasteiger partial charge on any atom is -0.353 e. The second-order valence-electron chi connectivity index (χ2n) is 2.56. The highest BCUT2D eigenvalue weighted by Gasteiger charge is 2.31. The standard InChI is InChI=1S/C7H9Cl3N2/c1-12-4-2-3-5(12)6(11)7(8,9)10/h2-4,6H,11H2,1H3. The van der Waals surface area contributed by atoms with E-state index in [-0.39, 0.29) is 0 Å². The van der Waals surface area contributed by atoms with Gasteiger partial charge in [-0.2, -0.15) is 0 Å². The molecule has 1 aromatic rings. The molecule has 0 spiro atoms. The zero-order valence-electron chi connectivity index (χ0n) is 6.47. The first-order valence-electron chi connectivity index (χ1n) is 3.36. The van der Waals surface area contributed by atoms with Crippen LogP contribution in [0.25, 0.3) is 0 Å². The summed E-state index contributed by atoms with van der Waals surface area (Å²) in [4.78, 5) is 0. The van der Waals surface area contributed by atoms with Crippen LogP contribution in [0.3, 0.4) is 0 Å². The summed E-state index contributed by atoms with van der Waals surface area (Å²) in [5.74, 6) is 0. The Morgan fingerprint density at radius 3 is 2.42 bits per heavy atom. The van der Waals surface area contributed by atoms with E-state index in [0.29, 0.717) is 0 Å². The van der Waals surface area contributed by atoms with Gasteiger partial charge >= 0.3 is 0 Å². The smallest absolute Gasteiger partial charge is 0.210 e. The van der Waals surface area contributed by atoms with Crippen molar-refractivity contribution in [1.82, 2.24) is 4.57 Å². The Kier molecular flexibility index (Phi) is 2.94. The number of alkyl halides is 3. The van der Waals surface area contributed by atoms with Crippen LogP contribution in [0.4, 0.5) is 0 Å². The second-order valence-corrected chi connectivity index (χ2v) is 4.93. The fourth-order valence-corrected chi connectivity index (χ4v) is 1.30. The molecule has 0 saturated carbocycles. The summed E-state index contributed by atoms with van der Waals surface area (Å²) in [6, 6.07) is 3.08. The molecule has 5 heteroatoms. The van der Waals surface area contributed by atoms with Gasteiger partial charge in [-0.3, -0.25) is 0 Å². The molecule has 1 heterocycles. The monoisotopic (exact) mass is 226 g/mol. The van der Waals surface area contributed by atoms with Crippen LogP contribution in [0.2, 0.25) is 0 Å². The Morgan fingerprint density at radius 2 is 2.08 bits per heavy atom. The molecule has 0 aliphatic carbocycles. The summed E-state index contributed by atoms with van der Waals surface area (Å²) in [7, 11) is 1.85. The highest BCUT2D eigenvalue weighted by atomic mass is 35.6. The molecule has 0 aromatic carbocycles. The van der Waals surface area contributed by atoms with Crippen molar-refractivity contribution in [1.29, 1.82) is 0 Å². The molecule has 2 N–H and O–H groups in total. The third-order valence-electron chi connectivity index (χ3n) is 1.66. The van der Waals surface area contributed by atoms with Crippen LogP contribution in [0.1, 0.15) is 11.7 Å². The Labute approximate surface area is 86.2 Å². The SMILES string of the molecule is Cn1cccc1C(N)C(Cl)(Cl)Cl. The van der Waals surface area contributed by atoms with Crippen molar-refractivity contribution in [3.8, 4) is 0 Å². The van der Waals surface area contributed by atoms with Crippen molar-refractivity contribution >= 4 is 34.8 Å². The number of hydrogen-bond donors (Lipinski definition) is 1. The summed E-state index contributed by atoms with van der Waals surface area (Å²) in [6.07, 6.45) is 1.85. The van der Waals surface area contributed by atoms with Crippen LogP contribution in [-0.2, 0) is 7.05 Å². The van der Waals surface area contributed by atoms with Gasteiger partial charge in [-0.1, -0.05) is 34.8 Å². The number of hydrogen-bond acceptors (Lipinski definition) is 1. The van der Waals surface area contributed by atoms with Crippen molar-refractivity contribution in [3.05, 3.63) is 24.0 Å². The van der Waals surface area contributed by atoms with Crippen LogP contribution in [0.15, 0.2) is 18.3 Å². The van der Waals surface area contributed by atoms with Crippen LogP contribution < -0.4 is 5.73 Å². The first-order chi connectivity index (χ1) is 5.43. The van der Waals surface area contributed by atoms with Crippen molar-refractivity contribution in [2.75, 3.05) is 0 Å². The van der Waals surface area contributed by atoms with E-state index in [1.807, 2.05) is 29.9 Å². The second kappa shape index (κ2) is 3.46. The summed E-state index contributed by atoms with van der Waals surface area (Å²) >= 11 is 16.9. The molecule has 0 saturated heterocycles. The summed E-state index contributed by atoms with van der Waals surface area (Å²) in [6.45, 7) is 0. The third kappa shape index (κ3) is 2.07. The Hall–Kier alpha value is 0.110. The summed E-state index contributed by atoms with van der Waals surface area (Å²) < 4.78 is 0.374. The largest absolute Gasteiger partial charge is 0.353 e. The highest BCUT2D eigenvalue weighted by Crippen LogP contribution is 2.37. The molecule has 68 valence electrons. The van der Waals surface area contributed by atoms with Crippen molar-refractivity contribution in [3.63, 3.8) is 0 Å². The predicted octanol–water partition coefficient (Wildman–Crippen LogP) is 2.40. The molecule has 0 aliphatic rings.